The van der Waals surface area contributed by atoms with Crippen molar-refractivity contribution in [3.05, 3.63) is 48.6 Å². The molecule has 0 bridgehead atoms. The van der Waals surface area contributed by atoms with E-state index in [2.05, 4.69) is 62.5 Å². The van der Waals surface area contributed by atoms with Gasteiger partial charge in [-0.05, 0) is 38.0 Å². The summed E-state index contributed by atoms with van der Waals surface area (Å²) in [5, 5.41) is 0. The Hall–Kier alpha value is -1.37. The van der Waals surface area contributed by atoms with E-state index in [4.69, 9.17) is 0 Å². The molecule has 1 heteroatoms. The van der Waals surface area contributed by atoms with Crippen LogP contribution < -0.4 is 0 Å². The van der Waals surface area contributed by atoms with Crippen molar-refractivity contribution >= 4 is 5.78 Å². The summed E-state index contributed by atoms with van der Waals surface area (Å²) < 4.78 is 0. The van der Waals surface area contributed by atoms with Gasteiger partial charge in [0.15, 0.2) is 0 Å². The second-order valence-corrected chi connectivity index (χ2v) is 7.21. The van der Waals surface area contributed by atoms with Crippen LogP contribution in [0, 0.1) is 11.8 Å². The molecule has 0 aromatic carbocycles. The Kier molecular flexibility index (Phi) is 16.5. The van der Waals surface area contributed by atoms with Gasteiger partial charge >= 0.3 is 0 Å². The van der Waals surface area contributed by atoms with Crippen molar-refractivity contribution in [3.8, 4) is 0 Å². The Morgan fingerprint density at radius 3 is 2.20 bits per heavy atom. The maximum Gasteiger partial charge on any atom is 0.135 e. The van der Waals surface area contributed by atoms with Gasteiger partial charge in [0.05, 0.1) is 0 Å². The molecule has 0 unspecified atom stereocenters. The second-order valence-electron chi connectivity index (χ2n) is 7.21. The summed E-state index contributed by atoms with van der Waals surface area (Å²) in [6.07, 6.45) is 27.6. The largest absolute Gasteiger partial charge is 0.299 e. The number of Topliss-reactive ketones (excluding diaryl/α,β-unsaturated/α-hetero) is 1. The van der Waals surface area contributed by atoms with Crippen LogP contribution in [0.4, 0.5) is 0 Å². The first-order chi connectivity index (χ1) is 12.1. The standard InChI is InChI=1S/C24H40O/c1-5-6-16-19-23(4)20-17-14-12-10-8-7-9-11-13-15-18-21-24(25)22(2)3/h7-8,11-14,17,20,22-23H,5-6,9-10,15-16,18-19,21H2,1-4H3/b8-7-,13-11-,14-12-,20-17+/t23-/m0/s1. The van der Waals surface area contributed by atoms with Gasteiger partial charge in [0.25, 0.3) is 0 Å². The van der Waals surface area contributed by atoms with Crippen molar-refractivity contribution in [2.24, 2.45) is 11.8 Å². The van der Waals surface area contributed by atoms with Gasteiger partial charge in [-0.2, -0.15) is 0 Å². The summed E-state index contributed by atoms with van der Waals surface area (Å²) in [6, 6.07) is 0. The third-order valence-corrected chi connectivity index (χ3v) is 4.27. The Labute approximate surface area is 157 Å². The first-order valence-corrected chi connectivity index (χ1v) is 10.2. The SMILES string of the molecule is CCCCC[C@H](C)/C=C/C=C\C/C=C\C/C=C\CCCC(=O)C(C)C. The Morgan fingerprint density at radius 1 is 0.840 bits per heavy atom. The minimum Gasteiger partial charge on any atom is -0.299 e. The van der Waals surface area contributed by atoms with Crippen molar-refractivity contribution in [3.63, 3.8) is 0 Å². The van der Waals surface area contributed by atoms with Gasteiger partial charge in [0, 0.05) is 12.3 Å². The van der Waals surface area contributed by atoms with Gasteiger partial charge in [-0.3, -0.25) is 4.79 Å². The van der Waals surface area contributed by atoms with Crippen LogP contribution in [-0.2, 0) is 4.79 Å². The lowest BCUT2D eigenvalue weighted by Gasteiger charge is -2.03. The molecule has 0 fully saturated rings. The van der Waals surface area contributed by atoms with E-state index >= 15 is 0 Å². The van der Waals surface area contributed by atoms with Crippen LogP contribution in [0.1, 0.15) is 85.5 Å². The minimum absolute atomic E-state index is 0.180. The number of hydrogen-bond donors (Lipinski definition) is 0. The van der Waals surface area contributed by atoms with Crippen molar-refractivity contribution in [1.29, 1.82) is 0 Å². The van der Waals surface area contributed by atoms with E-state index in [0.717, 1.165) is 25.7 Å². The first-order valence-electron chi connectivity index (χ1n) is 10.2. The molecule has 0 aromatic heterocycles. The molecule has 0 aliphatic rings. The highest BCUT2D eigenvalue weighted by Gasteiger charge is 2.04. The molecule has 25 heavy (non-hydrogen) atoms. The zero-order valence-electron chi connectivity index (χ0n) is 17.0. The van der Waals surface area contributed by atoms with Crippen LogP contribution >= 0.6 is 0 Å². The van der Waals surface area contributed by atoms with Gasteiger partial charge in [-0.25, -0.2) is 0 Å². The van der Waals surface area contributed by atoms with E-state index in [1.807, 2.05) is 13.8 Å². The molecule has 0 rings (SSSR count). The number of allylic oxidation sites excluding steroid dienone is 8. The Morgan fingerprint density at radius 2 is 1.52 bits per heavy atom. The minimum atomic E-state index is 0.180. The summed E-state index contributed by atoms with van der Waals surface area (Å²) in [5.41, 5.74) is 0. The van der Waals surface area contributed by atoms with Crippen molar-refractivity contribution in [2.45, 2.75) is 85.5 Å². The number of carbonyl (C=O) groups is 1. The van der Waals surface area contributed by atoms with Crippen LogP contribution in [0.2, 0.25) is 0 Å². The normalized spacial score (nSPS) is 14.0. The molecule has 0 saturated carbocycles. The molecule has 0 amide bonds. The maximum absolute atomic E-state index is 11.5. The van der Waals surface area contributed by atoms with Crippen molar-refractivity contribution < 1.29 is 4.79 Å². The van der Waals surface area contributed by atoms with E-state index in [-0.39, 0.29) is 5.92 Å². The first kappa shape index (κ1) is 23.6. The quantitative estimate of drug-likeness (QED) is 0.170. The van der Waals surface area contributed by atoms with Crippen LogP contribution in [0.5, 0.6) is 0 Å². The van der Waals surface area contributed by atoms with Gasteiger partial charge < -0.3 is 0 Å². The third-order valence-electron chi connectivity index (χ3n) is 4.27. The zero-order valence-corrected chi connectivity index (χ0v) is 17.0. The van der Waals surface area contributed by atoms with E-state index in [0.29, 0.717) is 18.1 Å². The highest BCUT2D eigenvalue weighted by molar-refractivity contribution is 5.80. The van der Waals surface area contributed by atoms with Gasteiger partial charge in [0.2, 0.25) is 0 Å². The Balaban J connectivity index is 3.62. The predicted molar refractivity (Wildman–Crippen MR) is 113 cm³/mol. The topological polar surface area (TPSA) is 17.1 Å². The molecule has 0 heterocycles. The number of unbranched alkanes of at least 4 members (excludes halogenated alkanes) is 3. The monoisotopic (exact) mass is 344 g/mol. The van der Waals surface area contributed by atoms with Gasteiger partial charge in [-0.1, -0.05) is 95.6 Å². The maximum atomic E-state index is 11.5. The second kappa shape index (κ2) is 17.5. The lowest BCUT2D eigenvalue weighted by Crippen LogP contribution is -2.05. The van der Waals surface area contributed by atoms with Crippen LogP contribution in [0.25, 0.3) is 0 Å². The lowest BCUT2D eigenvalue weighted by atomic mass is 10.0. The fourth-order valence-electron chi connectivity index (χ4n) is 2.47. The molecule has 0 aliphatic carbocycles. The summed E-state index contributed by atoms with van der Waals surface area (Å²) in [5.74, 6) is 1.25. The van der Waals surface area contributed by atoms with Crippen molar-refractivity contribution in [2.75, 3.05) is 0 Å². The fourth-order valence-corrected chi connectivity index (χ4v) is 2.47. The van der Waals surface area contributed by atoms with Crippen LogP contribution in [-0.4, -0.2) is 5.78 Å². The van der Waals surface area contributed by atoms with E-state index in [1.165, 1.54) is 25.7 Å². The predicted octanol–water partition coefficient (Wildman–Crippen LogP) is 7.60. The molecular weight excluding hydrogens is 304 g/mol. The van der Waals surface area contributed by atoms with Gasteiger partial charge in [-0.15, -0.1) is 0 Å². The fraction of sp³-hybridized carbons (Fsp3) is 0.625. The average Bonchev–Trinajstić information content (AvgIpc) is 2.58. The zero-order chi connectivity index (χ0) is 18.8. The molecular formula is C24H40O. The summed E-state index contributed by atoms with van der Waals surface area (Å²) in [4.78, 5) is 11.5. The highest BCUT2D eigenvalue weighted by atomic mass is 16.1. The average molecular weight is 345 g/mol. The van der Waals surface area contributed by atoms with Crippen molar-refractivity contribution in [1.82, 2.24) is 0 Å². The molecule has 142 valence electrons. The number of rotatable bonds is 15. The van der Waals surface area contributed by atoms with E-state index in [1.54, 1.807) is 0 Å². The smallest absolute Gasteiger partial charge is 0.135 e. The molecule has 0 saturated heterocycles. The summed E-state index contributed by atoms with van der Waals surface area (Å²) in [6.45, 7) is 8.50. The number of carbonyl (C=O) groups excluding carboxylic acids is 1. The molecule has 0 N–H and O–H groups in total. The molecule has 0 aliphatic heterocycles. The summed E-state index contributed by atoms with van der Waals surface area (Å²) >= 11 is 0. The highest BCUT2D eigenvalue weighted by Crippen LogP contribution is 2.10. The number of hydrogen-bond acceptors (Lipinski definition) is 1. The molecule has 0 spiro atoms. The molecule has 0 aromatic rings. The van der Waals surface area contributed by atoms with E-state index < -0.39 is 0 Å². The summed E-state index contributed by atoms with van der Waals surface area (Å²) in [7, 11) is 0. The molecule has 1 atom stereocenters. The van der Waals surface area contributed by atoms with Crippen LogP contribution in [0.3, 0.4) is 0 Å². The lowest BCUT2D eigenvalue weighted by molar-refractivity contribution is -0.121. The number of ketones is 1. The molecule has 1 nitrogen and oxygen atoms in total. The Bertz CT molecular complexity index is 423. The van der Waals surface area contributed by atoms with E-state index in [9.17, 15) is 4.79 Å². The van der Waals surface area contributed by atoms with Gasteiger partial charge in [0.1, 0.15) is 5.78 Å². The molecule has 0 radical (unpaired) electrons. The van der Waals surface area contributed by atoms with Crippen LogP contribution in [0.15, 0.2) is 48.6 Å². The third kappa shape index (κ3) is 17.2.